The molecule has 0 aromatic carbocycles. The predicted molar refractivity (Wildman–Crippen MR) is 121 cm³/mol. The van der Waals surface area contributed by atoms with E-state index in [1.807, 2.05) is 0 Å². The van der Waals surface area contributed by atoms with Crippen LogP contribution >= 0.6 is 9.24 Å². The summed E-state index contributed by atoms with van der Waals surface area (Å²) in [6.45, 7) is 4.55. The monoisotopic (exact) mass is 367 g/mol. The molecule has 148 valence electrons. The second-order valence-electron chi connectivity index (χ2n) is 7.40. The summed E-state index contributed by atoms with van der Waals surface area (Å²) >= 11 is 0. The Labute approximate surface area is 161 Å². The summed E-state index contributed by atoms with van der Waals surface area (Å²) in [6.07, 6.45) is 28.2. The Bertz CT molecular complexity index is 311. The van der Waals surface area contributed by atoms with Crippen LogP contribution in [0.5, 0.6) is 0 Å². The number of allylic oxidation sites excluding steroid dienone is 3. The van der Waals surface area contributed by atoms with Gasteiger partial charge < -0.3 is 5.32 Å². The van der Waals surface area contributed by atoms with Gasteiger partial charge in [0, 0.05) is 6.04 Å². The number of rotatable bonds is 18. The molecule has 0 heterocycles. The lowest BCUT2D eigenvalue weighted by Crippen LogP contribution is -2.22. The topological polar surface area (TPSA) is 12.0 Å². The number of likely N-dealkylation sites (N-methyl/N-ethyl adjacent to an activating group) is 1. The largest absolute Gasteiger partial charge is 0.314 e. The van der Waals surface area contributed by atoms with Gasteiger partial charge in [0.05, 0.1) is 0 Å². The average molecular weight is 368 g/mol. The summed E-state index contributed by atoms with van der Waals surface area (Å²) < 4.78 is 0. The molecule has 0 amide bonds. The van der Waals surface area contributed by atoms with Gasteiger partial charge >= 0.3 is 0 Å². The summed E-state index contributed by atoms with van der Waals surface area (Å²) in [6, 6.07) is 0.546. The summed E-state index contributed by atoms with van der Waals surface area (Å²) in [5.41, 5.74) is 0.671. The van der Waals surface area contributed by atoms with E-state index in [0.717, 1.165) is 0 Å². The van der Waals surface area contributed by atoms with E-state index >= 15 is 0 Å². The zero-order chi connectivity index (χ0) is 18.6. The third kappa shape index (κ3) is 18.5. The first kappa shape index (κ1) is 24.9. The molecular formula is C23H46NP. The lowest BCUT2D eigenvalue weighted by atomic mass is 10.1. The van der Waals surface area contributed by atoms with E-state index in [0.29, 0.717) is 11.7 Å². The SMILES string of the molecule is CCCCCCC/C=C/C(CCC/C=C/C(P)CCCCCC)NC. The average Bonchev–Trinajstić information content (AvgIpc) is 2.62. The van der Waals surface area contributed by atoms with E-state index in [4.69, 9.17) is 0 Å². The third-order valence-electron chi connectivity index (χ3n) is 4.87. The Morgan fingerprint density at radius 1 is 0.720 bits per heavy atom. The van der Waals surface area contributed by atoms with Crippen molar-refractivity contribution in [1.82, 2.24) is 5.32 Å². The Hall–Kier alpha value is -0.130. The van der Waals surface area contributed by atoms with E-state index < -0.39 is 0 Å². The summed E-state index contributed by atoms with van der Waals surface area (Å²) in [5.74, 6) is 0. The molecule has 0 aliphatic heterocycles. The van der Waals surface area contributed by atoms with E-state index in [1.165, 1.54) is 89.9 Å². The van der Waals surface area contributed by atoms with Gasteiger partial charge in [-0.3, -0.25) is 0 Å². The predicted octanol–water partition coefficient (Wildman–Crippen LogP) is 7.43. The Morgan fingerprint density at radius 3 is 2.00 bits per heavy atom. The quantitative estimate of drug-likeness (QED) is 0.151. The number of hydrogen-bond donors (Lipinski definition) is 1. The number of nitrogens with one attached hydrogen (secondary N) is 1. The molecule has 25 heavy (non-hydrogen) atoms. The van der Waals surface area contributed by atoms with E-state index in [2.05, 4.69) is 59.8 Å². The van der Waals surface area contributed by atoms with Gasteiger partial charge in [0.1, 0.15) is 0 Å². The van der Waals surface area contributed by atoms with Crippen LogP contribution in [-0.4, -0.2) is 18.7 Å². The second-order valence-corrected chi connectivity index (χ2v) is 8.25. The van der Waals surface area contributed by atoms with Crippen molar-refractivity contribution in [3.8, 4) is 0 Å². The maximum Gasteiger partial charge on any atom is 0.0247 e. The van der Waals surface area contributed by atoms with E-state index in [9.17, 15) is 0 Å². The molecule has 0 bridgehead atoms. The Balaban J connectivity index is 3.66. The van der Waals surface area contributed by atoms with Crippen LogP contribution in [0.2, 0.25) is 0 Å². The van der Waals surface area contributed by atoms with E-state index in [1.54, 1.807) is 0 Å². The smallest absolute Gasteiger partial charge is 0.0247 e. The zero-order valence-corrected chi connectivity index (χ0v) is 18.6. The fraction of sp³-hybridized carbons (Fsp3) is 0.826. The third-order valence-corrected chi connectivity index (χ3v) is 5.43. The van der Waals surface area contributed by atoms with Crippen LogP contribution in [0, 0.1) is 0 Å². The molecule has 0 aliphatic carbocycles. The normalized spacial score (nSPS) is 14.6. The van der Waals surface area contributed by atoms with Crippen molar-refractivity contribution in [3.05, 3.63) is 24.3 Å². The second kappa shape index (κ2) is 20.2. The molecule has 3 unspecified atom stereocenters. The standard InChI is InChI=1S/C23H46NP/c1-4-6-8-10-11-12-14-18-22(24-3)19-15-13-17-21-23(25)20-16-9-7-5-2/h14,17-18,21-24H,4-13,15-16,19-20,25H2,1-3H3/b18-14+,21-17+. The Kier molecular flexibility index (Phi) is 20.1. The molecule has 0 saturated carbocycles. The first-order valence-corrected chi connectivity index (χ1v) is 11.7. The van der Waals surface area contributed by atoms with Crippen LogP contribution in [0.1, 0.15) is 104 Å². The summed E-state index contributed by atoms with van der Waals surface area (Å²) in [4.78, 5) is 0. The molecule has 1 N–H and O–H groups in total. The molecule has 0 fully saturated rings. The molecule has 3 atom stereocenters. The van der Waals surface area contributed by atoms with Crippen molar-refractivity contribution in [2.75, 3.05) is 7.05 Å². The van der Waals surface area contributed by atoms with Crippen LogP contribution < -0.4 is 5.32 Å². The lowest BCUT2D eigenvalue weighted by Gasteiger charge is -2.11. The number of unbranched alkanes of at least 4 members (excludes halogenated alkanes) is 9. The fourth-order valence-electron chi connectivity index (χ4n) is 3.09. The lowest BCUT2D eigenvalue weighted by molar-refractivity contribution is 0.585. The highest BCUT2D eigenvalue weighted by Gasteiger charge is 2.00. The van der Waals surface area contributed by atoms with Gasteiger partial charge in [-0.15, -0.1) is 9.24 Å². The Morgan fingerprint density at radius 2 is 1.32 bits per heavy atom. The molecule has 0 spiro atoms. The molecule has 0 radical (unpaired) electrons. The van der Waals surface area contributed by atoms with Gasteiger partial charge in [-0.05, 0) is 51.2 Å². The van der Waals surface area contributed by atoms with Gasteiger partial charge in [0.2, 0.25) is 0 Å². The van der Waals surface area contributed by atoms with Gasteiger partial charge in [-0.1, -0.05) is 89.5 Å². The van der Waals surface area contributed by atoms with Crippen LogP contribution in [0.15, 0.2) is 24.3 Å². The van der Waals surface area contributed by atoms with E-state index in [-0.39, 0.29) is 0 Å². The van der Waals surface area contributed by atoms with Crippen molar-refractivity contribution in [3.63, 3.8) is 0 Å². The van der Waals surface area contributed by atoms with Crippen LogP contribution in [0.4, 0.5) is 0 Å². The highest BCUT2D eigenvalue weighted by molar-refractivity contribution is 7.17. The molecular weight excluding hydrogens is 321 g/mol. The highest BCUT2D eigenvalue weighted by Crippen LogP contribution is 2.14. The van der Waals surface area contributed by atoms with Crippen LogP contribution in [0.25, 0.3) is 0 Å². The van der Waals surface area contributed by atoms with Gasteiger partial charge in [-0.2, -0.15) is 0 Å². The molecule has 0 aromatic heterocycles. The molecule has 0 aliphatic rings. The van der Waals surface area contributed by atoms with Crippen LogP contribution in [0.3, 0.4) is 0 Å². The number of hydrogen-bond acceptors (Lipinski definition) is 1. The van der Waals surface area contributed by atoms with Gasteiger partial charge in [0.25, 0.3) is 0 Å². The first-order chi connectivity index (χ1) is 12.2. The zero-order valence-electron chi connectivity index (χ0n) is 17.4. The maximum atomic E-state index is 3.44. The first-order valence-electron chi connectivity index (χ1n) is 11.0. The van der Waals surface area contributed by atoms with Crippen molar-refractivity contribution >= 4 is 9.24 Å². The van der Waals surface area contributed by atoms with Crippen molar-refractivity contribution < 1.29 is 0 Å². The molecule has 1 nitrogen and oxygen atoms in total. The molecule has 2 heteroatoms. The minimum absolute atomic E-state index is 0.546. The van der Waals surface area contributed by atoms with Crippen molar-refractivity contribution in [2.24, 2.45) is 0 Å². The van der Waals surface area contributed by atoms with Crippen LogP contribution in [-0.2, 0) is 0 Å². The molecule has 0 rings (SSSR count). The molecule has 0 saturated heterocycles. The van der Waals surface area contributed by atoms with Gasteiger partial charge in [-0.25, -0.2) is 0 Å². The summed E-state index contributed by atoms with van der Waals surface area (Å²) in [7, 11) is 5.08. The summed E-state index contributed by atoms with van der Waals surface area (Å²) in [5, 5.41) is 3.44. The molecule has 0 aromatic rings. The highest BCUT2D eigenvalue weighted by atomic mass is 31.0. The minimum Gasteiger partial charge on any atom is -0.314 e. The van der Waals surface area contributed by atoms with Gasteiger partial charge in [0.15, 0.2) is 0 Å². The fourth-order valence-corrected chi connectivity index (χ4v) is 3.49. The maximum absolute atomic E-state index is 3.44. The van der Waals surface area contributed by atoms with Crippen molar-refractivity contribution in [2.45, 2.75) is 115 Å². The minimum atomic E-state index is 0.546. The van der Waals surface area contributed by atoms with Crippen molar-refractivity contribution in [1.29, 1.82) is 0 Å².